The lowest BCUT2D eigenvalue weighted by molar-refractivity contribution is -0.118. The second kappa shape index (κ2) is 10.1. The molecule has 0 unspecified atom stereocenters. The number of carbonyl (C=O) groups excluding carboxylic acids is 3. The number of esters is 1. The quantitative estimate of drug-likeness (QED) is 0.488. The first kappa shape index (κ1) is 22.4. The number of hydrogen-bond acceptors (Lipinski definition) is 7. The average Bonchev–Trinajstić information content (AvgIpc) is 3.01. The van der Waals surface area contributed by atoms with E-state index in [0.717, 1.165) is 16.9 Å². The highest BCUT2D eigenvalue weighted by atomic mass is 32.1. The zero-order valence-corrected chi connectivity index (χ0v) is 18.0. The van der Waals surface area contributed by atoms with E-state index in [0.29, 0.717) is 27.6 Å². The van der Waals surface area contributed by atoms with Crippen molar-refractivity contribution in [3.05, 3.63) is 39.8 Å². The molecule has 1 aromatic heterocycles. The monoisotopic (exact) mass is 419 g/mol. The van der Waals surface area contributed by atoms with Crippen LogP contribution in [0.4, 0.5) is 5.00 Å². The van der Waals surface area contributed by atoms with Crippen molar-refractivity contribution in [3.63, 3.8) is 0 Å². The van der Waals surface area contributed by atoms with Crippen molar-refractivity contribution in [2.24, 2.45) is 0 Å². The number of methoxy groups -OCH3 is 1. The van der Waals surface area contributed by atoms with Gasteiger partial charge in [-0.3, -0.25) is 9.59 Å². The predicted octanol–water partition coefficient (Wildman–Crippen LogP) is 4.02. The highest BCUT2D eigenvalue weighted by Crippen LogP contribution is 2.34. The Morgan fingerprint density at radius 1 is 1.14 bits per heavy atom. The lowest BCUT2D eigenvalue weighted by atomic mass is 10.1. The topological polar surface area (TPSA) is 90.9 Å². The Kier molecular flexibility index (Phi) is 7.78. The third-order valence-electron chi connectivity index (χ3n) is 4.23. The second-order valence-corrected chi connectivity index (χ2v) is 7.29. The van der Waals surface area contributed by atoms with Crippen molar-refractivity contribution in [1.29, 1.82) is 0 Å². The third kappa shape index (κ3) is 5.35. The maximum absolute atomic E-state index is 12.4. The summed E-state index contributed by atoms with van der Waals surface area (Å²) in [6, 6.07) is 4.75. The van der Waals surface area contributed by atoms with Gasteiger partial charge < -0.3 is 19.5 Å². The van der Waals surface area contributed by atoms with Gasteiger partial charge in [-0.15, -0.1) is 11.3 Å². The molecule has 0 aliphatic carbocycles. The minimum absolute atomic E-state index is 0.0983. The average molecular weight is 419 g/mol. The number of Topliss-reactive ketones (excluding diaryl/α,β-unsaturated/α-hetero) is 1. The zero-order chi connectivity index (χ0) is 21.6. The Labute approximate surface area is 174 Å². The van der Waals surface area contributed by atoms with Crippen molar-refractivity contribution in [1.82, 2.24) is 0 Å². The number of ether oxygens (including phenoxy) is 3. The molecular formula is C21H25NO6S. The molecule has 29 heavy (non-hydrogen) atoms. The number of rotatable bonds is 9. The number of amides is 1. The highest BCUT2D eigenvalue weighted by molar-refractivity contribution is 7.17. The highest BCUT2D eigenvalue weighted by Gasteiger charge is 2.23. The minimum atomic E-state index is -0.460. The molecule has 0 saturated heterocycles. The number of thiophene rings is 1. The molecule has 1 N–H and O–H groups in total. The summed E-state index contributed by atoms with van der Waals surface area (Å²) >= 11 is 1.35. The molecule has 8 heteroatoms. The van der Waals surface area contributed by atoms with Gasteiger partial charge in [-0.1, -0.05) is 6.92 Å². The summed E-state index contributed by atoms with van der Waals surface area (Å²) in [5.41, 5.74) is 1.68. The number of hydrogen-bond donors (Lipinski definition) is 1. The van der Waals surface area contributed by atoms with Crippen LogP contribution in [0.15, 0.2) is 18.2 Å². The molecule has 0 spiro atoms. The molecular weight excluding hydrogens is 394 g/mol. The van der Waals surface area contributed by atoms with Crippen LogP contribution < -0.4 is 14.8 Å². The van der Waals surface area contributed by atoms with Gasteiger partial charge >= 0.3 is 5.97 Å². The largest absolute Gasteiger partial charge is 0.493 e. The van der Waals surface area contributed by atoms with Crippen LogP contribution in [-0.4, -0.2) is 38.0 Å². The van der Waals surface area contributed by atoms with Crippen molar-refractivity contribution >= 4 is 34.0 Å². The Hall–Kier alpha value is -2.87. The Morgan fingerprint density at radius 3 is 2.45 bits per heavy atom. The van der Waals surface area contributed by atoms with Gasteiger partial charge in [0.05, 0.1) is 19.3 Å². The zero-order valence-electron chi connectivity index (χ0n) is 17.2. The molecule has 0 fully saturated rings. The van der Waals surface area contributed by atoms with Gasteiger partial charge in [0.25, 0.3) is 5.91 Å². The standard InChI is InChI=1S/C21H25NO6S/c1-6-17-12(3)19(21(25)27-7-2)20(29-17)22-18(24)11-28-15-9-8-14(13(4)23)10-16(15)26-5/h8-10H,6-7,11H2,1-5H3,(H,22,24). The normalized spacial score (nSPS) is 10.4. The summed E-state index contributed by atoms with van der Waals surface area (Å²) in [4.78, 5) is 37.2. The molecule has 1 aromatic carbocycles. The number of anilines is 1. The van der Waals surface area contributed by atoms with Crippen LogP contribution in [0.25, 0.3) is 0 Å². The van der Waals surface area contributed by atoms with Crippen LogP contribution in [0.3, 0.4) is 0 Å². The fourth-order valence-electron chi connectivity index (χ4n) is 2.75. The van der Waals surface area contributed by atoms with E-state index in [1.54, 1.807) is 25.1 Å². The number of nitrogens with one attached hydrogen (secondary N) is 1. The summed E-state index contributed by atoms with van der Waals surface area (Å²) in [5, 5.41) is 3.19. The molecule has 2 aromatic rings. The molecule has 7 nitrogen and oxygen atoms in total. The SMILES string of the molecule is CCOC(=O)c1c(NC(=O)COc2ccc(C(C)=O)cc2OC)sc(CC)c1C. The van der Waals surface area contributed by atoms with Gasteiger partial charge in [-0.25, -0.2) is 4.79 Å². The van der Waals surface area contributed by atoms with Crippen LogP contribution in [0.2, 0.25) is 0 Å². The van der Waals surface area contributed by atoms with Crippen LogP contribution >= 0.6 is 11.3 Å². The summed E-state index contributed by atoms with van der Waals surface area (Å²) in [7, 11) is 1.46. The fraction of sp³-hybridized carbons (Fsp3) is 0.381. The summed E-state index contributed by atoms with van der Waals surface area (Å²) in [6.07, 6.45) is 0.745. The first-order chi connectivity index (χ1) is 13.8. The molecule has 0 aliphatic heterocycles. The van der Waals surface area contributed by atoms with E-state index in [4.69, 9.17) is 14.2 Å². The maximum Gasteiger partial charge on any atom is 0.341 e. The van der Waals surface area contributed by atoms with Gasteiger partial charge in [0, 0.05) is 10.4 Å². The lowest BCUT2D eigenvalue weighted by Gasteiger charge is -2.12. The van der Waals surface area contributed by atoms with Crippen LogP contribution in [0.5, 0.6) is 11.5 Å². The van der Waals surface area contributed by atoms with Crippen molar-refractivity contribution < 1.29 is 28.6 Å². The van der Waals surface area contributed by atoms with Gasteiger partial charge in [0.15, 0.2) is 23.9 Å². The smallest absolute Gasteiger partial charge is 0.341 e. The fourth-order valence-corrected chi connectivity index (χ4v) is 3.90. The summed E-state index contributed by atoms with van der Waals surface area (Å²) in [6.45, 7) is 6.99. The van der Waals surface area contributed by atoms with Crippen molar-refractivity contribution in [2.45, 2.75) is 34.1 Å². The molecule has 1 amide bonds. The van der Waals surface area contributed by atoms with E-state index in [9.17, 15) is 14.4 Å². The first-order valence-electron chi connectivity index (χ1n) is 9.23. The Bertz CT molecular complexity index is 918. The molecule has 0 aliphatic rings. The summed E-state index contributed by atoms with van der Waals surface area (Å²) < 4.78 is 15.9. The van der Waals surface area contributed by atoms with Crippen molar-refractivity contribution in [3.8, 4) is 11.5 Å². The van der Waals surface area contributed by atoms with E-state index in [1.807, 2.05) is 13.8 Å². The molecule has 1 heterocycles. The molecule has 0 saturated carbocycles. The van der Waals surface area contributed by atoms with Gasteiger partial charge in [0.1, 0.15) is 5.00 Å². The summed E-state index contributed by atoms with van der Waals surface area (Å²) in [5.74, 6) is -0.275. The van der Waals surface area contributed by atoms with E-state index in [-0.39, 0.29) is 19.0 Å². The number of carbonyl (C=O) groups is 3. The second-order valence-electron chi connectivity index (χ2n) is 6.19. The van der Waals surface area contributed by atoms with Gasteiger partial charge in [-0.05, 0) is 51.0 Å². The van der Waals surface area contributed by atoms with Crippen LogP contribution in [-0.2, 0) is 16.0 Å². The Balaban J connectivity index is 2.14. The number of benzene rings is 1. The van der Waals surface area contributed by atoms with E-state index in [2.05, 4.69) is 5.32 Å². The van der Waals surface area contributed by atoms with Gasteiger partial charge in [-0.2, -0.15) is 0 Å². The minimum Gasteiger partial charge on any atom is -0.493 e. The van der Waals surface area contributed by atoms with E-state index >= 15 is 0 Å². The molecule has 2 rings (SSSR count). The Morgan fingerprint density at radius 2 is 1.86 bits per heavy atom. The van der Waals surface area contributed by atoms with E-state index in [1.165, 1.54) is 25.4 Å². The molecule has 0 atom stereocenters. The maximum atomic E-state index is 12.4. The first-order valence-corrected chi connectivity index (χ1v) is 10.0. The third-order valence-corrected chi connectivity index (χ3v) is 5.58. The number of aryl methyl sites for hydroxylation is 1. The van der Waals surface area contributed by atoms with Crippen LogP contribution in [0.1, 0.15) is 51.9 Å². The van der Waals surface area contributed by atoms with E-state index < -0.39 is 11.9 Å². The molecule has 0 radical (unpaired) electrons. The molecule has 156 valence electrons. The van der Waals surface area contributed by atoms with Crippen molar-refractivity contribution in [2.75, 3.05) is 25.6 Å². The van der Waals surface area contributed by atoms with Gasteiger partial charge in [0.2, 0.25) is 0 Å². The van der Waals surface area contributed by atoms with Crippen LogP contribution in [0, 0.1) is 6.92 Å². The predicted molar refractivity (Wildman–Crippen MR) is 112 cm³/mol. The number of ketones is 1. The lowest BCUT2D eigenvalue weighted by Crippen LogP contribution is -2.21. The molecule has 0 bridgehead atoms.